The van der Waals surface area contributed by atoms with Crippen molar-refractivity contribution in [3.63, 3.8) is 0 Å². The zero-order valence-corrected chi connectivity index (χ0v) is 7.80. The highest BCUT2D eigenvalue weighted by atomic mass is 16.6. The first-order valence-electron chi connectivity index (χ1n) is 4.21. The topological polar surface area (TPSA) is 108 Å². The summed E-state index contributed by atoms with van der Waals surface area (Å²) in [7, 11) is 0. The third-order valence-corrected chi connectivity index (χ3v) is 1.98. The molecule has 0 radical (unpaired) electrons. The lowest BCUT2D eigenvalue weighted by Gasteiger charge is -2.08. The molecule has 4 N–H and O–H groups in total. The molecule has 0 amide bonds. The van der Waals surface area contributed by atoms with E-state index in [0.717, 1.165) is 0 Å². The Labute approximate surface area is 81.1 Å². The van der Waals surface area contributed by atoms with Crippen LogP contribution in [0.3, 0.4) is 0 Å². The van der Waals surface area contributed by atoms with Crippen LogP contribution in [0.4, 0.5) is 11.5 Å². The van der Waals surface area contributed by atoms with E-state index in [1.165, 1.54) is 12.3 Å². The van der Waals surface area contributed by atoms with Crippen molar-refractivity contribution in [2.45, 2.75) is 19.4 Å². The summed E-state index contributed by atoms with van der Waals surface area (Å²) in [4.78, 5) is 13.7. The number of aromatic nitrogens is 1. The zero-order chi connectivity index (χ0) is 10.7. The molecule has 6 heteroatoms. The van der Waals surface area contributed by atoms with E-state index in [9.17, 15) is 10.1 Å². The van der Waals surface area contributed by atoms with E-state index < -0.39 is 4.92 Å². The molecule has 0 bridgehead atoms. The number of hydrogen-bond acceptors (Lipinski definition) is 5. The molecule has 0 saturated carbocycles. The molecule has 1 heterocycles. The van der Waals surface area contributed by atoms with Crippen LogP contribution in [0, 0.1) is 10.1 Å². The second kappa shape index (κ2) is 4.01. The summed E-state index contributed by atoms with van der Waals surface area (Å²) >= 11 is 0. The van der Waals surface area contributed by atoms with Crippen molar-refractivity contribution in [2.75, 3.05) is 5.73 Å². The summed E-state index contributed by atoms with van der Waals surface area (Å²) in [6.07, 6.45) is 2.17. The number of rotatable bonds is 3. The Morgan fingerprint density at radius 1 is 1.71 bits per heavy atom. The Bertz CT molecular complexity index is 353. The molecule has 76 valence electrons. The molecule has 0 aliphatic rings. The molecule has 0 aliphatic carbocycles. The second-order valence-corrected chi connectivity index (χ2v) is 2.94. The van der Waals surface area contributed by atoms with Gasteiger partial charge in [-0.05, 0) is 12.0 Å². The van der Waals surface area contributed by atoms with Crippen molar-refractivity contribution in [1.29, 1.82) is 0 Å². The molecule has 0 spiro atoms. The van der Waals surface area contributed by atoms with Gasteiger partial charge in [-0.2, -0.15) is 0 Å². The first-order chi connectivity index (χ1) is 6.56. The molecule has 0 unspecified atom stereocenters. The number of hydrogen-bond donors (Lipinski definition) is 2. The maximum Gasteiger partial charge on any atom is 0.311 e. The molecule has 6 nitrogen and oxygen atoms in total. The lowest BCUT2D eigenvalue weighted by Crippen LogP contribution is -2.10. The van der Waals surface area contributed by atoms with Crippen LogP contribution >= 0.6 is 0 Å². The number of pyridine rings is 1. The van der Waals surface area contributed by atoms with Crippen LogP contribution in [0.5, 0.6) is 0 Å². The van der Waals surface area contributed by atoms with Gasteiger partial charge in [0.05, 0.1) is 4.92 Å². The smallest absolute Gasteiger partial charge is 0.311 e. The lowest BCUT2D eigenvalue weighted by atomic mass is 10.1. The molecule has 1 atom stereocenters. The van der Waals surface area contributed by atoms with Gasteiger partial charge in [0.25, 0.3) is 0 Å². The van der Waals surface area contributed by atoms with E-state index in [0.29, 0.717) is 12.0 Å². The fraction of sp³-hybridized carbons (Fsp3) is 0.375. The normalized spacial score (nSPS) is 12.4. The highest BCUT2D eigenvalue weighted by molar-refractivity contribution is 5.53. The van der Waals surface area contributed by atoms with E-state index in [1.54, 1.807) is 0 Å². The van der Waals surface area contributed by atoms with Crippen LogP contribution in [-0.4, -0.2) is 9.91 Å². The Morgan fingerprint density at radius 2 is 2.36 bits per heavy atom. The average Bonchev–Trinajstić information content (AvgIpc) is 2.17. The summed E-state index contributed by atoms with van der Waals surface area (Å²) in [6.45, 7) is 1.90. The molecule has 1 aromatic rings. The summed E-state index contributed by atoms with van der Waals surface area (Å²) in [6, 6.07) is 1.14. The van der Waals surface area contributed by atoms with Crippen molar-refractivity contribution < 1.29 is 4.92 Å². The van der Waals surface area contributed by atoms with Gasteiger partial charge in [0, 0.05) is 18.3 Å². The Morgan fingerprint density at radius 3 is 2.86 bits per heavy atom. The molecule has 0 saturated heterocycles. The van der Waals surface area contributed by atoms with Gasteiger partial charge in [-0.15, -0.1) is 0 Å². The molecule has 0 aliphatic heterocycles. The van der Waals surface area contributed by atoms with Crippen molar-refractivity contribution in [2.24, 2.45) is 5.73 Å². The van der Waals surface area contributed by atoms with Gasteiger partial charge in [-0.1, -0.05) is 6.92 Å². The minimum Gasteiger partial charge on any atom is -0.378 e. The largest absolute Gasteiger partial charge is 0.378 e. The predicted octanol–water partition coefficient (Wildman–Crippen LogP) is 0.982. The first-order valence-corrected chi connectivity index (χ1v) is 4.21. The van der Waals surface area contributed by atoms with Crippen LogP contribution < -0.4 is 11.5 Å². The number of anilines is 1. The van der Waals surface area contributed by atoms with Gasteiger partial charge in [-0.25, -0.2) is 4.98 Å². The maximum absolute atomic E-state index is 10.5. The van der Waals surface area contributed by atoms with E-state index >= 15 is 0 Å². The minimum atomic E-state index is -0.561. The van der Waals surface area contributed by atoms with Crippen LogP contribution in [0.1, 0.15) is 24.9 Å². The number of nitro groups is 1. The average molecular weight is 196 g/mol. The fourth-order valence-corrected chi connectivity index (χ4v) is 1.06. The van der Waals surface area contributed by atoms with Crippen LogP contribution in [0.2, 0.25) is 0 Å². The van der Waals surface area contributed by atoms with E-state index in [4.69, 9.17) is 11.5 Å². The highest BCUT2D eigenvalue weighted by Gasteiger charge is 2.15. The van der Waals surface area contributed by atoms with Crippen LogP contribution in [0.15, 0.2) is 12.3 Å². The molecule has 0 aromatic carbocycles. The maximum atomic E-state index is 10.5. The third-order valence-electron chi connectivity index (χ3n) is 1.98. The van der Waals surface area contributed by atoms with E-state index in [1.807, 2.05) is 6.92 Å². The zero-order valence-electron chi connectivity index (χ0n) is 7.80. The lowest BCUT2D eigenvalue weighted by molar-refractivity contribution is -0.384. The van der Waals surface area contributed by atoms with Gasteiger partial charge >= 0.3 is 5.69 Å². The first kappa shape index (κ1) is 10.4. The summed E-state index contributed by atoms with van der Waals surface area (Å²) in [5.41, 5.74) is 11.5. The van der Waals surface area contributed by atoms with Crippen molar-refractivity contribution in [1.82, 2.24) is 4.98 Å². The van der Waals surface area contributed by atoms with Gasteiger partial charge < -0.3 is 11.5 Å². The molecule has 1 aromatic heterocycles. The standard InChI is InChI=1S/C8H12N4O2/c1-2-6(9)5-3-7(12(13)14)8(10)11-4-5/h3-4,6H,2,9H2,1H3,(H2,10,11)/t6-/m1/s1. The van der Waals surface area contributed by atoms with Gasteiger partial charge in [0.1, 0.15) is 0 Å². The highest BCUT2D eigenvalue weighted by Crippen LogP contribution is 2.23. The predicted molar refractivity (Wildman–Crippen MR) is 52.5 cm³/mol. The quantitative estimate of drug-likeness (QED) is 0.553. The number of nitrogens with two attached hydrogens (primary N) is 2. The summed E-state index contributed by atoms with van der Waals surface area (Å²) < 4.78 is 0. The molecule has 14 heavy (non-hydrogen) atoms. The monoisotopic (exact) mass is 196 g/mol. The number of nitrogens with zero attached hydrogens (tertiary/aromatic N) is 2. The summed E-state index contributed by atoms with van der Waals surface area (Å²) in [5, 5.41) is 10.5. The Balaban J connectivity index is 3.12. The Kier molecular flexibility index (Phi) is 2.98. The van der Waals surface area contributed by atoms with Crippen molar-refractivity contribution in [3.05, 3.63) is 27.9 Å². The van der Waals surface area contributed by atoms with Gasteiger partial charge in [0.2, 0.25) is 5.82 Å². The minimum absolute atomic E-state index is 0.0814. The third kappa shape index (κ3) is 1.97. The number of nitrogen functional groups attached to an aromatic ring is 1. The molecule has 1 rings (SSSR count). The van der Waals surface area contributed by atoms with E-state index in [-0.39, 0.29) is 17.5 Å². The van der Waals surface area contributed by atoms with Gasteiger partial charge in [-0.3, -0.25) is 10.1 Å². The van der Waals surface area contributed by atoms with E-state index in [2.05, 4.69) is 4.98 Å². The van der Waals surface area contributed by atoms with Crippen LogP contribution in [-0.2, 0) is 0 Å². The van der Waals surface area contributed by atoms with Crippen molar-refractivity contribution >= 4 is 11.5 Å². The molecular weight excluding hydrogens is 184 g/mol. The van der Waals surface area contributed by atoms with Crippen molar-refractivity contribution in [3.8, 4) is 0 Å². The molecule has 0 fully saturated rings. The Hall–Kier alpha value is -1.69. The second-order valence-electron chi connectivity index (χ2n) is 2.94. The van der Waals surface area contributed by atoms with Gasteiger partial charge in [0.15, 0.2) is 0 Å². The molecular formula is C8H12N4O2. The SMILES string of the molecule is CC[C@@H](N)c1cnc(N)c([N+](=O)[O-])c1. The fourth-order valence-electron chi connectivity index (χ4n) is 1.06. The van der Waals surface area contributed by atoms with Crippen LogP contribution in [0.25, 0.3) is 0 Å². The summed E-state index contributed by atoms with van der Waals surface area (Å²) in [5.74, 6) is -0.0814.